The van der Waals surface area contributed by atoms with Gasteiger partial charge in [0, 0.05) is 36.0 Å². The molecule has 4 heterocycles. The lowest BCUT2D eigenvalue weighted by molar-refractivity contribution is -0.125. The van der Waals surface area contributed by atoms with E-state index < -0.39 is 5.41 Å². The molecule has 1 fully saturated rings. The molecule has 1 aromatic heterocycles. The standard InChI is InChI=1S/C27H26BrN5O/c1-18-6-9-22(10-7-18)33-26(34)27(19(2)30-33)16-20-15-21(28)8-11-23(20)32-14-13-31(17-24(27)32)25-5-3-4-12-29-25/h3-12,15,24H,13-14,16-17H2,1-2H3/t24-,27-/m1/s1. The molecule has 3 aliphatic heterocycles. The molecule has 0 unspecified atom stereocenters. The zero-order valence-corrected chi connectivity index (χ0v) is 20.9. The number of hydrogen-bond donors (Lipinski definition) is 0. The first kappa shape index (κ1) is 21.4. The number of aromatic nitrogens is 1. The highest BCUT2D eigenvalue weighted by molar-refractivity contribution is 9.10. The minimum atomic E-state index is -0.730. The number of rotatable bonds is 2. The maximum Gasteiger partial charge on any atom is 0.261 e. The van der Waals surface area contributed by atoms with Crippen LogP contribution in [-0.4, -0.2) is 42.3 Å². The highest BCUT2D eigenvalue weighted by atomic mass is 79.9. The van der Waals surface area contributed by atoms with E-state index in [1.165, 1.54) is 11.3 Å². The lowest BCUT2D eigenvalue weighted by atomic mass is 9.67. The van der Waals surface area contributed by atoms with Crippen LogP contribution in [0.2, 0.25) is 0 Å². The average molecular weight is 516 g/mol. The molecule has 172 valence electrons. The number of piperazine rings is 1. The lowest BCUT2D eigenvalue weighted by Gasteiger charge is -2.53. The Labute approximate surface area is 208 Å². The number of anilines is 3. The van der Waals surface area contributed by atoms with Crippen LogP contribution < -0.4 is 14.8 Å². The molecule has 0 saturated carbocycles. The summed E-state index contributed by atoms with van der Waals surface area (Å²) in [7, 11) is 0. The van der Waals surface area contributed by atoms with Gasteiger partial charge in [-0.05, 0) is 68.3 Å². The number of halogens is 1. The van der Waals surface area contributed by atoms with Crippen molar-refractivity contribution < 1.29 is 4.79 Å². The molecule has 0 bridgehead atoms. The highest BCUT2D eigenvalue weighted by Crippen LogP contribution is 2.48. The summed E-state index contributed by atoms with van der Waals surface area (Å²) in [6, 6.07) is 20.4. The summed E-state index contributed by atoms with van der Waals surface area (Å²) < 4.78 is 1.03. The summed E-state index contributed by atoms with van der Waals surface area (Å²) in [5, 5.41) is 6.48. The molecule has 3 aliphatic rings. The lowest BCUT2D eigenvalue weighted by Crippen LogP contribution is -2.67. The summed E-state index contributed by atoms with van der Waals surface area (Å²) in [6.07, 6.45) is 2.47. The number of pyridine rings is 1. The second-order valence-corrected chi connectivity index (χ2v) is 10.3. The number of hydrogen-bond acceptors (Lipinski definition) is 5. The fraction of sp³-hybridized carbons (Fsp3) is 0.296. The quantitative estimate of drug-likeness (QED) is 0.491. The molecule has 3 aromatic rings. The van der Waals surface area contributed by atoms with Gasteiger partial charge in [0.1, 0.15) is 11.2 Å². The van der Waals surface area contributed by atoms with Crippen LogP contribution in [0.3, 0.4) is 0 Å². The Kier molecular flexibility index (Phi) is 4.99. The summed E-state index contributed by atoms with van der Waals surface area (Å²) in [5.41, 5.74) is 4.52. The van der Waals surface area contributed by atoms with Gasteiger partial charge in [0.25, 0.3) is 5.91 Å². The Morgan fingerprint density at radius 3 is 2.62 bits per heavy atom. The Morgan fingerprint density at radius 1 is 1.03 bits per heavy atom. The fourth-order valence-corrected chi connectivity index (χ4v) is 6.12. The summed E-state index contributed by atoms with van der Waals surface area (Å²) >= 11 is 3.64. The van der Waals surface area contributed by atoms with Gasteiger partial charge in [-0.15, -0.1) is 0 Å². The molecule has 34 heavy (non-hydrogen) atoms. The van der Waals surface area contributed by atoms with Crippen molar-refractivity contribution >= 4 is 44.7 Å². The van der Waals surface area contributed by atoms with Crippen LogP contribution in [0, 0.1) is 12.3 Å². The monoisotopic (exact) mass is 515 g/mol. The third kappa shape index (κ3) is 3.17. The van der Waals surface area contributed by atoms with Gasteiger partial charge in [-0.1, -0.05) is 39.7 Å². The summed E-state index contributed by atoms with van der Waals surface area (Å²) in [6.45, 7) is 6.46. The van der Waals surface area contributed by atoms with E-state index in [0.29, 0.717) is 13.0 Å². The first-order valence-corrected chi connectivity index (χ1v) is 12.4. The van der Waals surface area contributed by atoms with Crippen LogP contribution in [0.5, 0.6) is 0 Å². The highest BCUT2D eigenvalue weighted by Gasteiger charge is 2.60. The zero-order chi connectivity index (χ0) is 23.4. The Morgan fingerprint density at radius 2 is 1.85 bits per heavy atom. The zero-order valence-electron chi connectivity index (χ0n) is 19.3. The van der Waals surface area contributed by atoms with E-state index in [0.717, 1.165) is 40.3 Å². The number of hydrazone groups is 1. The number of nitrogens with zero attached hydrogens (tertiary/aromatic N) is 5. The second kappa shape index (κ2) is 7.94. The van der Waals surface area contributed by atoms with E-state index in [4.69, 9.17) is 5.10 Å². The maximum atomic E-state index is 14.3. The molecular formula is C27H26BrN5O. The molecule has 0 aliphatic carbocycles. The minimum absolute atomic E-state index is 0.0383. The van der Waals surface area contributed by atoms with E-state index in [1.807, 2.05) is 62.5 Å². The van der Waals surface area contributed by atoms with Crippen molar-refractivity contribution in [3.05, 3.63) is 82.5 Å². The van der Waals surface area contributed by atoms with Crippen LogP contribution in [0.15, 0.2) is 76.4 Å². The third-order valence-corrected chi connectivity index (χ3v) is 7.98. The predicted molar refractivity (Wildman–Crippen MR) is 140 cm³/mol. The molecule has 2 atom stereocenters. The number of aryl methyl sites for hydroxylation is 1. The Hall–Kier alpha value is -3.19. The summed E-state index contributed by atoms with van der Waals surface area (Å²) in [5.74, 6) is 1.01. The first-order valence-electron chi connectivity index (χ1n) is 11.7. The number of benzene rings is 2. The van der Waals surface area contributed by atoms with E-state index in [1.54, 1.807) is 5.01 Å². The molecule has 6 rings (SSSR count). The van der Waals surface area contributed by atoms with Crippen LogP contribution in [0.4, 0.5) is 17.2 Å². The Bertz CT molecular complexity index is 1290. The fourth-order valence-electron chi connectivity index (χ4n) is 5.71. The van der Waals surface area contributed by atoms with Crippen molar-refractivity contribution in [1.82, 2.24) is 4.98 Å². The van der Waals surface area contributed by atoms with Crippen LogP contribution in [-0.2, 0) is 11.2 Å². The van der Waals surface area contributed by atoms with Crippen LogP contribution >= 0.6 is 15.9 Å². The number of carbonyl (C=O) groups excluding carboxylic acids is 1. The van der Waals surface area contributed by atoms with Crippen LogP contribution in [0.1, 0.15) is 18.1 Å². The SMILES string of the molecule is CC1=NN(c2ccc(C)cc2)C(=O)[C@]12Cc1cc(Br)ccc1N1CCN(c3ccccn3)C[C@@H]12. The van der Waals surface area contributed by atoms with Gasteiger partial charge in [0.15, 0.2) is 0 Å². The number of amides is 1. The van der Waals surface area contributed by atoms with Gasteiger partial charge in [0.2, 0.25) is 0 Å². The minimum Gasteiger partial charge on any atom is -0.363 e. The van der Waals surface area contributed by atoms with Gasteiger partial charge in [-0.2, -0.15) is 10.1 Å². The molecule has 7 heteroatoms. The predicted octanol–water partition coefficient (Wildman–Crippen LogP) is 4.81. The first-order chi connectivity index (χ1) is 16.5. The topological polar surface area (TPSA) is 52.0 Å². The normalized spacial score (nSPS) is 23.7. The molecule has 0 N–H and O–H groups in total. The number of carbonyl (C=O) groups is 1. The van der Waals surface area contributed by atoms with E-state index in [9.17, 15) is 4.79 Å². The van der Waals surface area contributed by atoms with Crippen molar-refractivity contribution in [2.45, 2.75) is 26.3 Å². The molecule has 1 saturated heterocycles. The smallest absolute Gasteiger partial charge is 0.261 e. The van der Waals surface area contributed by atoms with Gasteiger partial charge in [-0.25, -0.2) is 4.98 Å². The maximum absolute atomic E-state index is 14.3. The van der Waals surface area contributed by atoms with Gasteiger partial charge < -0.3 is 9.80 Å². The molecule has 2 aromatic carbocycles. The molecule has 0 radical (unpaired) electrons. The van der Waals surface area contributed by atoms with Crippen molar-refractivity contribution in [1.29, 1.82) is 0 Å². The van der Waals surface area contributed by atoms with Crippen LogP contribution in [0.25, 0.3) is 0 Å². The largest absolute Gasteiger partial charge is 0.363 e. The Balaban J connectivity index is 1.46. The van der Waals surface area contributed by atoms with E-state index >= 15 is 0 Å². The van der Waals surface area contributed by atoms with E-state index in [-0.39, 0.29) is 11.9 Å². The van der Waals surface area contributed by atoms with Crippen molar-refractivity contribution in [3.8, 4) is 0 Å². The van der Waals surface area contributed by atoms with Gasteiger partial charge in [-0.3, -0.25) is 4.79 Å². The molecular weight excluding hydrogens is 490 g/mol. The third-order valence-electron chi connectivity index (χ3n) is 7.49. The van der Waals surface area contributed by atoms with Crippen molar-refractivity contribution in [2.24, 2.45) is 10.5 Å². The molecule has 1 spiro atoms. The van der Waals surface area contributed by atoms with Gasteiger partial charge >= 0.3 is 0 Å². The average Bonchev–Trinajstić information content (AvgIpc) is 3.10. The van der Waals surface area contributed by atoms with Crippen molar-refractivity contribution in [2.75, 3.05) is 34.4 Å². The van der Waals surface area contributed by atoms with E-state index in [2.05, 4.69) is 48.9 Å². The van der Waals surface area contributed by atoms with Crippen molar-refractivity contribution in [3.63, 3.8) is 0 Å². The molecule has 6 nitrogen and oxygen atoms in total. The molecule has 1 amide bonds. The number of fused-ring (bicyclic) bond motifs is 4. The second-order valence-electron chi connectivity index (χ2n) is 9.40. The summed E-state index contributed by atoms with van der Waals surface area (Å²) in [4.78, 5) is 23.6. The van der Waals surface area contributed by atoms with Gasteiger partial charge in [0.05, 0.1) is 17.4 Å².